The molecule has 0 bridgehead atoms. The quantitative estimate of drug-likeness (QED) is 0.593. The highest BCUT2D eigenvalue weighted by atomic mass is 32.2. The van der Waals surface area contributed by atoms with Crippen LogP contribution in [0, 0.1) is 6.92 Å². The number of alkyl halides is 3. The molecule has 1 aromatic heterocycles. The third kappa shape index (κ3) is 6.69. The van der Waals surface area contributed by atoms with Crippen LogP contribution in [0.3, 0.4) is 0 Å². The van der Waals surface area contributed by atoms with Gasteiger partial charge in [-0.15, -0.1) is 17.9 Å². The van der Waals surface area contributed by atoms with E-state index in [4.69, 9.17) is 0 Å². The number of hydrogen-bond donors (Lipinski definition) is 3. The predicted molar refractivity (Wildman–Crippen MR) is 104 cm³/mol. The summed E-state index contributed by atoms with van der Waals surface area (Å²) in [6.07, 6.45) is 0.0469. The molecule has 10 heteroatoms. The van der Waals surface area contributed by atoms with Crippen LogP contribution in [0.5, 0.6) is 0 Å². The van der Waals surface area contributed by atoms with Crippen molar-refractivity contribution in [2.24, 2.45) is 0 Å². The van der Waals surface area contributed by atoms with Crippen LogP contribution in [0.2, 0.25) is 0 Å². The van der Waals surface area contributed by atoms with Gasteiger partial charge in [0.1, 0.15) is 0 Å². The van der Waals surface area contributed by atoms with Crippen molar-refractivity contribution in [2.75, 3.05) is 0 Å². The van der Waals surface area contributed by atoms with Gasteiger partial charge < -0.3 is 19.4 Å². The largest absolute Gasteiger partial charge is 0.593 e. The number of H-pyrrole nitrogens is 1. The number of aromatic amines is 1. The molecule has 0 saturated carbocycles. The third-order valence-electron chi connectivity index (χ3n) is 3.77. The van der Waals surface area contributed by atoms with Crippen LogP contribution in [-0.4, -0.2) is 32.5 Å². The normalized spacial score (nSPS) is 22.3. The van der Waals surface area contributed by atoms with Gasteiger partial charge in [-0.2, -0.15) is 0 Å². The lowest BCUT2D eigenvalue weighted by Gasteiger charge is -2.25. The van der Waals surface area contributed by atoms with Crippen LogP contribution in [0.4, 0.5) is 13.2 Å². The van der Waals surface area contributed by atoms with E-state index in [0.29, 0.717) is 29.8 Å². The van der Waals surface area contributed by atoms with Crippen LogP contribution in [0.1, 0.15) is 55.4 Å². The summed E-state index contributed by atoms with van der Waals surface area (Å²) in [4.78, 5) is 14.0. The number of hydrogen-bond acceptors (Lipinski definition) is 4. The van der Waals surface area contributed by atoms with Crippen molar-refractivity contribution in [3.8, 4) is 0 Å². The van der Waals surface area contributed by atoms with Gasteiger partial charge in [0.15, 0.2) is 5.76 Å². The first-order valence-corrected chi connectivity index (χ1v) is 9.93. The van der Waals surface area contributed by atoms with Crippen LogP contribution >= 0.6 is 0 Å². The third-order valence-corrected chi connectivity index (χ3v) is 5.34. The maximum Gasteiger partial charge on any atom is 0.573 e. The molecule has 1 heterocycles. The molecule has 6 nitrogen and oxygen atoms in total. The fourth-order valence-corrected chi connectivity index (χ4v) is 3.87. The van der Waals surface area contributed by atoms with E-state index in [2.05, 4.69) is 14.4 Å². The van der Waals surface area contributed by atoms with Gasteiger partial charge >= 0.3 is 12.3 Å². The number of carboxylic acid groups (broad SMARTS) is 1. The second-order valence-electron chi connectivity index (χ2n) is 7.51. The summed E-state index contributed by atoms with van der Waals surface area (Å²) in [6.45, 7) is 6.77. The Morgan fingerprint density at radius 1 is 1.28 bits per heavy atom. The Morgan fingerprint density at radius 2 is 1.90 bits per heavy atom. The van der Waals surface area contributed by atoms with E-state index in [0.717, 1.165) is 6.08 Å². The number of nitrogens with one attached hydrogen (secondary N) is 2. The summed E-state index contributed by atoms with van der Waals surface area (Å²) < 4.78 is 58.8. The first-order valence-electron chi connectivity index (χ1n) is 8.78. The van der Waals surface area contributed by atoms with E-state index >= 15 is 0 Å². The zero-order valence-electron chi connectivity index (χ0n) is 16.4. The van der Waals surface area contributed by atoms with Crippen molar-refractivity contribution in [2.45, 2.75) is 52.4 Å². The SMILES string of the molecule is Cc1[nH]c(C2=C/CC/C=C([S+]([O-])NC(C)(C)C)/C(OC(F)(F)F)=C\2)cc1C(=O)O. The van der Waals surface area contributed by atoms with Gasteiger partial charge in [0.05, 0.1) is 22.5 Å². The Hall–Kier alpha value is -2.17. The number of ether oxygens (including phenoxy) is 1. The second-order valence-corrected chi connectivity index (χ2v) is 8.69. The Kier molecular flexibility index (Phi) is 6.92. The number of halogens is 3. The molecule has 29 heavy (non-hydrogen) atoms. The topological polar surface area (TPSA) is 97.4 Å². The van der Waals surface area contributed by atoms with Gasteiger partial charge in [0, 0.05) is 11.4 Å². The van der Waals surface area contributed by atoms with E-state index in [1.165, 1.54) is 12.1 Å². The van der Waals surface area contributed by atoms with Crippen molar-refractivity contribution in [3.05, 3.63) is 51.9 Å². The van der Waals surface area contributed by atoms with E-state index in [1.807, 2.05) is 0 Å². The molecule has 0 saturated heterocycles. The minimum atomic E-state index is -4.99. The number of aromatic nitrogens is 1. The van der Waals surface area contributed by atoms with Gasteiger partial charge in [-0.25, -0.2) is 4.79 Å². The molecule has 3 N–H and O–H groups in total. The fourth-order valence-electron chi connectivity index (χ4n) is 2.65. The molecule has 0 fully saturated rings. The summed E-state index contributed by atoms with van der Waals surface area (Å²) in [7, 11) is 0. The van der Waals surface area contributed by atoms with Gasteiger partial charge in [0.25, 0.3) is 0 Å². The molecule has 0 aromatic carbocycles. The Balaban J connectivity index is 2.51. The molecular formula is C19H23F3N2O4S. The summed E-state index contributed by atoms with van der Waals surface area (Å²) >= 11 is -1.95. The zero-order chi connectivity index (χ0) is 22.0. The van der Waals surface area contributed by atoms with Crippen molar-refractivity contribution < 1.29 is 32.4 Å². The fraction of sp³-hybridized carbons (Fsp3) is 0.421. The number of aromatic carboxylic acids is 1. The van der Waals surface area contributed by atoms with Crippen LogP contribution in [-0.2, 0) is 16.1 Å². The van der Waals surface area contributed by atoms with E-state index in [-0.39, 0.29) is 10.5 Å². The molecule has 0 aliphatic heterocycles. The van der Waals surface area contributed by atoms with Gasteiger partial charge in [-0.05, 0) is 64.3 Å². The van der Waals surface area contributed by atoms with E-state index in [9.17, 15) is 27.6 Å². The minimum absolute atomic E-state index is 0.0170. The Labute approximate surface area is 169 Å². The highest BCUT2D eigenvalue weighted by Gasteiger charge is 2.37. The highest BCUT2D eigenvalue weighted by molar-refractivity contribution is 7.93. The first kappa shape index (κ1) is 23.1. The molecule has 0 radical (unpaired) electrons. The number of carbonyl (C=O) groups is 1. The molecule has 1 aliphatic rings. The molecule has 1 aliphatic carbocycles. The van der Waals surface area contributed by atoms with Crippen molar-refractivity contribution in [1.82, 2.24) is 9.71 Å². The van der Waals surface area contributed by atoms with Crippen LogP contribution in [0.15, 0.2) is 35.0 Å². The van der Waals surface area contributed by atoms with Gasteiger partial charge in [-0.1, -0.05) is 6.08 Å². The first-order chi connectivity index (χ1) is 13.3. The minimum Gasteiger partial charge on any atom is -0.593 e. The van der Waals surface area contributed by atoms with Gasteiger partial charge in [0.2, 0.25) is 4.91 Å². The number of rotatable bonds is 5. The molecule has 160 valence electrons. The number of carboxylic acids is 1. The van der Waals surface area contributed by atoms with Gasteiger partial charge in [-0.3, -0.25) is 0 Å². The number of allylic oxidation sites excluding steroid dienone is 4. The van der Waals surface area contributed by atoms with E-state index in [1.54, 1.807) is 33.8 Å². The maximum absolute atomic E-state index is 13.0. The van der Waals surface area contributed by atoms with Crippen LogP contribution in [0.25, 0.3) is 5.57 Å². The Bertz CT molecular complexity index is 864. The summed E-state index contributed by atoms with van der Waals surface area (Å²) in [5.74, 6) is -1.76. The average molecular weight is 432 g/mol. The highest BCUT2D eigenvalue weighted by Crippen LogP contribution is 2.33. The van der Waals surface area contributed by atoms with Crippen LogP contribution < -0.4 is 4.72 Å². The average Bonchev–Trinajstić information content (AvgIpc) is 2.89. The Morgan fingerprint density at radius 3 is 2.41 bits per heavy atom. The maximum atomic E-state index is 13.0. The summed E-state index contributed by atoms with van der Waals surface area (Å²) in [5, 5.41) is 9.22. The molecule has 1 aromatic rings. The van der Waals surface area contributed by atoms with Crippen molar-refractivity contribution in [1.29, 1.82) is 0 Å². The van der Waals surface area contributed by atoms with E-state index < -0.39 is 35.0 Å². The smallest absolute Gasteiger partial charge is 0.573 e. The van der Waals surface area contributed by atoms with Crippen molar-refractivity contribution in [3.63, 3.8) is 0 Å². The molecule has 0 amide bonds. The standard InChI is InChI=1S/C19H23F3N2O4S/c1-11-13(17(25)26)10-14(23-11)12-7-5-6-8-16(29(27)24-18(2,3)4)15(9-12)28-19(20,21)22/h7-10,23-24H,5-6H2,1-4H3,(H,25,26)/b12-7+,15-9+,16-8-. The lowest BCUT2D eigenvalue weighted by atomic mass is 10.1. The number of aryl methyl sites for hydroxylation is 1. The monoisotopic (exact) mass is 432 g/mol. The predicted octanol–water partition coefficient (Wildman–Crippen LogP) is 4.55. The lowest BCUT2D eigenvalue weighted by Crippen LogP contribution is -2.41. The second kappa shape index (κ2) is 8.68. The summed E-state index contributed by atoms with van der Waals surface area (Å²) in [6, 6.07) is 1.35. The molecule has 1 unspecified atom stereocenters. The molecule has 1 atom stereocenters. The lowest BCUT2D eigenvalue weighted by molar-refractivity contribution is -0.303. The summed E-state index contributed by atoms with van der Waals surface area (Å²) in [5.41, 5.74) is 0.430. The molecule has 2 rings (SSSR count). The molecule has 0 spiro atoms. The zero-order valence-corrected chi connectivity index (χ0v) is 17.3. The molecular weight excluding hydrogens is 409 g/mol. The van der Waals surface area contributed by atoms with Crippen molar-refractivity contribution >= 4 is 22.9 Å².